The molecule has 0 rings (SSSR count). The lowest BCUT2D eigenvalue weighted by molar-refractivity contribution is -0.147. The topological polar surface area (TPSA) is 252 Å². The average Bonchev–Trinajstić information content (AvgIpc) is 2.77. The highest BCUT2D eigenvalue weighted by Gasteiger charge is 2.31. The van der Waals surface area contributed by atoms with Crippen molar-refractivity contribution in [2.75, 3.05) is 18.6 Å². The summed E-state index contributed by atoms with van der Waals surface area (Å²) in [5.41, 5.74) is 16.5. The zero-order chi connectivity index (χ0) is 27.8. The third-order valence-corrected chi connectivity index (χ3v) is 5.53. The molecule has 4 atom stereocenters. The van der Waals surface area contributed by atoms with E-state index in [4.69, 9.17) is 22.3 Å². The van der Waals surface area contributed by atoms with Crippen LogP contribution in [0, 0.1) is 5.92 Å². The summed E-state index contributed by atoms with van der Waals surface area (Å²) >= 11 is 1.53. The summed E-state index contributed by atoms with van der Waals surface area (Å²) < 4.78 is 0. The first kappa shape index (κ1) is 32.9. The number of carboxylic acid groups (broad SMARTS) is 2. The van der Waals surface area contributed by atoms with E-state index in [2.05, 4.69) is 20.9 Å². The molecular weight excluding hydrogens is 494 g/mol. The molecule has 14 nitrogen and oxygen atoms in total. The van der Waals surface area contributed by atoms with Crippen LogP contribution in [0.5, 0.6) is 0 Å². The van der Waals surface area contributed by atoms with Crippen molar-refractivity contribution in [1.29, 1.82) is 0 Å². The molecule has 0 fully saturated rings. The number of carbonyl (C=O) groups excluding carboxylic acids is 3. The highest BCUT2D eigenvalue weighted by molar-refractivity contribution is 7.98. The van der Waals surface area contributed by atoms with Crippen LogP contribution in [0.15, 0.2) is 4.99 Å². The monoisotopic (exact) mass is 533 g/mol. The second-order valence-corrected chi connectivity index (χ2v) is 9.57. The van der Waals surface area contributed by atoms with Crippen molar-refractivity contribution in [2.45, 2.75) is 70.1 Å². The number of hydrogen-bond donors (Lipinski definition) is 8. The highest BCUT2D eigenvalue weighted by Crippen LogP contribution is 2.09. The summed E-state index contributed by atoms with van der Waals surface area (Å²) in [4.78, 5) is 64.5. The van der Waals surface area contributed by atoms with Gasteiger partial charge in [-0.05, 0) is 43.6 Å². The van der Waals surface area contributed by atoms with E-state index in [1.54, 1.807) is 0 Å². The van der Waals surface area contributed by atoms with Gasteiger partial charge in [-0.3, -0.25) is 24.2 Å². The number of rotatable bonds is 18. The van der Waals surface area contributed by atoms with Gasteiger partial charge in [0.15, 0.2) is 5.96 Å². The lowest BCUT2D eigenvalue weighted by Gasteiger charge is -2.26. The second-order valence-electron chi connectivity index (χ2n) is 8.59. The van der Waals surface area contributed by atoms with E-state index in [1.807, 2.05) is 20.1 Å². The molecule has 0 aromatic heterocycles. The van der Waals surface area contributed by atoms with Gasteiger partial charge >= 0.3 is 11.9 Å². The SMILES string of the molecule is CSCCC(N)C(=O)NC(CC(C)C)C(=O)NC(CCCN=C(N)N)C(=O)NC(CC(=O)O)C(=O)O. The minimum absolute atomic E-state index is 0.00423. The molecule has 36 heavy (non-hydrogen) atoms. The molecule has 0 radical (unpaired) electrons. The number of carbonyl (C=O) groups is 5. The first-order chi connectivity index (χ1) is 16.8. The van der Waals surface area contributed by atoms with Gasteiger partial charge in [0.25, 0.3) is 0 Å². The third kappa shape index (κ3) is 14.4. The Morgan fingerprint density at radius 1 is 0.889 bits per heavy atom. The van der Waals surface area contributed by atoms with Gasteiger partial charge < -0.3 is 43.4 Å². The first-order valence-corrected chi connectivity index (χ1v) is 12.8. The van der Waals surface area contributed by atoms with Crippen LogP contribution in [-0.4, -0.2) is 88.6 Å². The maximum Gasteiger partial charge on any atom is 0.326 e. The van der Waals surface area contributed by atoms with E-state index in [-0.39, 0.29) is 37.7 Å². The summed E-state index contributed by atoms with van der Waals surface area (Å²) in [6, 6.07) is -4.75. The molecule has 0 aliphatic carbocycles. The van der Waals surface area contributed by atoms with Crippen molar-refractivity contribution in [2.24, 2.45) is 28.1 Å². The Morgan fingerprint density at radius 3 is 1.94 bits per heavy atom. The Labute approximate surface area is 214 Å². The zero-order valence-corrected chi connectivity index (χ0v) is 21.7. The Kier molecular flexibility index (Phi) is 15.9. The molecule has 11 N–H and O–H groups in total. The molecule has 0 aliphatic rings. The standard InChI is InChI=1S/C21H39N7O7S/c1-11(2)9-14(27-17(31)12(22)6-8-36-3)19(33)26-13(5-4-7-25-21(23)24)18(32)28-15(20(34)35)10-16(29)30/h11-15H,4-10,22H2,1-3H3,(H,26,33)(H,27,31)(H,28,32)(H,29,30)(H,34,35)(H4,23,24,25). The first-order valence-electron chi connectivity index (χ1n) is 11.4. The van der Waals surface area contributed by atoms with Gasteiger partial charge in [0, 0.05) is 6.54 Å². The van der Waals surface area contributed by atoms with E-state index in [9.17, 15) is 29.1 Å². The van der Waals surface area contributed by atoms with Gasteiger partial charge in [-0.15, -0.1) is 0 Å². The molecule has 0 spiro atoms. The van der Waals surface area contributed by atoms with Gasteiger partial charge in [-0.25, -0.2) is 4.79 Å². The Morgan fingerprint density at radius 2 is 1.44 bits per heavy atom. The molecule has 0 heterocycles. The number of nitrogens with two attached hydrogens (primary N) is 3. The van der Waals surface area contributed by atoms with Crippen LogP contribution in [-0.2, 0) is 24.0 Å². The summed E-state index contributed by atoms with van der Waals surface area (Å²) in [6.07, 6.45) is 1.96. The number of aliphatic imine (C=N–C) groups is 1. The summed E-state index contributed by atoms with van der Waals surface area (Å²) in [5.74, 6) is -4.53. The van der Waals surface area contributed by atoms with Gasteiger partial charge in [-0.2, -0.15) is 11.8 Å². The molecule has 0 aromatic carbocycles. The minimum Gasteiger partial charge on any atom is -0.481 e. The Hall–Kier alpha value is -3.07. The van der Waals surface area contributed by atoms with Gasteiger partial charge in [0.05, 0.1) is 12.5 Å². The van der Waals surface area contributed by atoms with Crippen LogP contribution >= 0.6 is 11.8 Å². The number of thioether (sulfide) groups is 1. The predicted molar refractivity (Wildman–Crippen MR) is 136 cm³/mol. The fourth-order valence-corrected chi connectivity index (χ4v) is 3.54. The van der Waals surface area contributed by atoms with E-state index in [1.165, 1.54) is 11.8 Å². The lowest BCUT2D eigenvalue weighted by Crippen LogP contribution is -2.57. The molecule has 0 aromatic rings. The largest absolute Gasteiger partial charge is 0.481 e. The van der Waals surface area contributed by atoms with Crippen molar-refractivity contribution in [3.8, 4) is 0 Å². The number of nitrogens with zero attached hydrogens (tertiary/aromatic N) is 1. The van der Waals surface area contributed by atoms with Crippen LogP contribution in [0.25, 0.3) is 0 Å². The van der Waals surface area contributed by atoms with Crippen LogP contribution in [0.1, 0.15) is 46.0 Å². The number of hydrogen-bond acceptors (Lipinski definition) is 8. The molecule has 0 saturated carbocycles. The van der Waals surface area contributed by atoms with Crippen molar-refractivity contribution < 1.29 is 34.2 Å². The van der Waals surface area contributed by atoms with Crippen LogP contribution < -0.4 is 33.2 Å². The normalized spacial score (nSPS) is 14.1. The quantitative estimate of drug-likeness (QED) is 0.0553. The van der Waals surface area contributed by atoms with Crippen molar-refractivity contribution in [1.82, 2.24) is 16.0 Å². The van der Waals surface area contributed by atoms with Crippen molar-refractivity contribution >= 4 is 47.4 Å². The van der Waals surface area contributed by atoms with Crippen LogP contribution in [0.2, 0.25) is 0 Å². The molecule has 206 valence electrons. The molecule has 0 aliphatic heterocycles. The maximum atomic E-state index is 13.1. The summed E-state index contributed by atoms with van der Waals surface area (Å²) in [6.45, 7) is 3.83. The fraction of sp³-hybridized carbons (Fsp3) is 0.714. The summed E-state index contributed by atoms with van der Waals surface area (Å²) in [5, 5.41) is 25.5. The van der Waals surface area contributed by atoms with E-state index < -0.39 is 60.2 Å². The number of carboxylic acids is 2. The van der Waals surface area contributed by atoms with Crippen LogP contribution in [0.4, 0.5) is 0 Å². The molecule has 15 heteroatoms. The average molecular weight is 534 g/mol. The maximum absolute atomic E-state index is 13.1. The van der Waals surface area contributed by atoms with Crippen molar-refractivity contribution in [3.63, 3.8) is 0 Å². The minimum atomic E-state index is -1.70. The van der Waals surface area contributed by atoms with Gasteiger partial charge in [0.1, 0.15) is 18.1 Å². The number of guanidine groups is 1. The number of aliphatic carboxylic acids is 2. The highest BCUT2D eigenvalue weighted by atomic mass is 32.2. The fourth-order valence-electron chi connectivity index (χ4n) is 3.05. The van der Waals surface area contributed by atoms with Crippen molar-refractivity contribution in [3.05, 3.63) is 0 Å². The van der Waals surface area contributed by atoms with Gasteiger partial charge in [-0.1, -0.05) is 13.8 Å². The van der Waals surface area contributed by atoms with E-state index >= 15 is 0 Å². The van der Waals surface area contributed by atoms with E-state index in [0.29, 0.717) is 12.2 Å². The van der Waals surface area contributed by atoms with E-state index in [0.717, 1.165) is 0 Å². The Balaban J connectivity index is 5.62. The molecular formula is C21H39N7O7S. The number of amides is 3. The van der Waals surface area contributed by atoms with Crippen LogP contribution in [0.3, 0.4) is 0 Å². The van der Waals surface area contributed by atoms with Gasteiger partial charge in [0.2, 0.25) is 17.7 Å². The Bertz CT molecular complexity index is 791. The smallest absolute Gasteiger partial charge is 0.326 e. The predicted octanol–water partition coefficient (Wildman–Crippen LogP) is -1.82. The lowest BCUT2D eigenvalue weighted by atomic mass is 10.0. The second kappa shape index (κ2) is 17.4. The molecule has 0 saturated heterocycles. The number of nitrogens with one attached hydrogen (secondary N) is 3. The molecule has 0 bridgehead atoms. The molecule has 4 unspecified atom stereocenters. The molecule has 3 amide bonds. The summed E-state index contributed by atoms with van der Waals surface area (Å²) in [7, 11) is 0. The zero-order valence-electron chi connectivity index (χ0n) is 20.9. The third-order valence-electron chi connectivity index (χ3n) is 4.88.